The summed E-state index contributed by atoms with van der Waals surface area (Å²) in [4.78, 5) is 27.4. The normalized spacial score (nSPS) is 21.6. The Morgan fingerprint density at radius 1 is 1.24 bits per heavy atom. The molecule has 0 bridgehead atoms. The van der Waals surface area contributed by atoms with E-state index in [0.717, 1.165) is 29.3 Å². The maximum Gasteiger partial charge on any atom is 0.408 e. The molecule has 0 radical (unpaired) electrons. The van der Waals surface area contributed by atoms with E-state index >= 15 is 0 Å². The van der Waals surface area contributed by atoms with Gasteiger partial charge in [-0.3, -0.25) is 4.79 Å². The number of benzene rings is 1. The lowest BCUT2D eigenvalue weighted by Crippen LogP contribution is -2.52. The van der Waals surface area contributed by atoms with Gasteiger partial charge in [0.15, 0.2) is 0 Å². The molecule has 1 aromatic rings. The predicted octanol–water partition coefficient (Wildman–Crippen LogP) is 4.80. The second-order valence-corrected chi connectivity index (χ2v) is 10.0. The number of hydrogen-bond acceptors (Lipinski definition) is 3. The van der Waals surface area contributed by atoms with Crippen LogP contribution in [0.4, 0.5) is 9.18 Å². The molecule has 1 saturated heterocycles. The van der Waals surface area contributed by atoms with Gasteiger partial charge in [0, 0.05) is 16.9 Å². The number of nitrogens with one attached hydrogen (secondary N) is 1. The fourth-order valence-electron chi connectivity index (χ4n) is 3.77. The molecule has 160 valence electrons. The summed E-state index contributed by atoms with van der Waals surface area (Å²) in [5.41, 5.74) is 0.324. The minimum absolute atomic E-state index is 0.0851. The van der Waals surface area contributed by atoms with Crippen molar-refractivity contribution in [1.29, 1.82) is 0 Å². The Morgan fingerprint density at radius 2 is 1.90 bits per heavy atom. The van der Waals surface area contributed by atoms with E-state index in [1.54, 1.807) is 20.8 Å². The quantitative estimate of drug-likeness (QED) is 0.652. The van der Waals surface area contributed by atoms with Crippen molar-refractivity contribution in [2.24, 2.45) is 5.92 Å². The van der Waals surface area contributed by atoms with Crippen LogP contribution in [-0.4, -0.2) is 47.8 Å². The minimum atomic E-state index is -1.00. The molecule has 29 heavy (non-hydrogen) atoms. The van der Waals surface area contributed by atoms with Crippen LogP contribution in [0.15, 0.2) is 28.7 Å². The second-order valence-electron chi connectivity index (χ2n) is 9.13. The zero-order chi connectivity index (χ0) is 21.2. The van der Waals surface area contributed by atoms with Crippen LogP contribution < -0.4 is 5.32 Å². The highest BCUT2D eigenvalue weighted by Crippen LogP contribution is 2.41. The maximum absolute atomic E-state index is 13.8. The van der Waals surface area contributed by atoms with Gasteiger partial charge in [-0.05, 0) is 57.2 Å². The van der Waals surface area contributed by atoms with Gasteiger partial charge in [0.25, 0.3) is 0 Å². The van der Waals surface area contributed by atoms with Gasteiger partial charge in [-0.2, -0.15) is 0 Å². The molecule has 2 amide bonds. The third kappa shape index (κ3) is 6.43. The Bertz CT molecular complexity index is 731. The van der Waals surface area contributed by atoms with Crippen LogP contribution in [0.3, 0.4) is 0 Å². The molecule has 1 saturated carbocycles. The smallest absolute Gasteiger partial charge is 0.408 e. The average molecular weight is 469 g/mol. The molecular weight excluding hydrogens is 439 g/mol. The van der Waals surface area contributed by atoms with Gasteiger partial charge in [0.1, 0.15) is 17.8 Å². The van der Waals surface area contributed by atoms with Crippen LogP contribution in [0.5, 0.6) is 0 Å². The number of likely N-dealkylation sites (tertiary alicyclic amines) is 1. The first-order chi connectivity index (χ1) is 13.6. The first kappa shape index (κ1) is 22.1. The number of hydrogen-bond donors (Lipinski definition) is 1. The Morgan fingerprint density at radius 3 is 2.41 bits per heavy atom. The summed E-state index contributed by atoms with van der Waals surface area (Å²) in [5.74, 6) is 0.130. The zero-order valence-corrected chi connectivity index (χ0v) is 18.9. The Hall–Kier alpha value is -1.63. The molecule has 3 unspecified atom stereocenters. The molecule has 1 aliphatic heterocycles. The molecule has 0 spiro atoms. The SMILES string of the molecule is CC(C)(C)OC(=O)NC(C(=O)N1CCC(F)C1)C(CC1CC1)c1ccc(Br)cc1. The molecule has 5 nitrogen and oxygen atoms in total. The average Bonchev–Trinajstić information content (AvgIpc) is 3.35. The van der Waals surface area contributed by atoms with Gasteiger partial charge in [-0.25, -0.2) is 9.18 Å². The molecule has 2 fully saturated rings. The molecule has 0 aromatic heterocycles. The number of nitrogens with zero attached hydrogens (tertiary/aromatic N) is 1. The number of ether oxygens (including phenoxy) is 1. The van der Waals surface area contributed by atoms with Crippen molar-refractivity contribution in [3.05, 3.63) is 34.3 Å². The van der Waals surface area contributed by atoms with Gasteiger partial charge in [0.05, 0.1) is 6.54 Å². The van der Waals surface area contributed by atoms with E-state index in [4.69, 9.17) is 4.74 Å². The van der Waals surface area contributed by atoms with E-state index in [-0.39, 0.29) is 18.4 Å². The van der Waals surface area contributed by atoms with Crippen LogP contribution >= 0.6 is 15.9 Å². The van der Waals surface area contributed by atoms with Gasteiger partial charge < -0.3 is 15.0 Å². The Kier molecular flexibility index (Phi) is 6.87. The highest BCUT2D eigenvalue weighted by atomic mass is 79.9. The molecule has 7 heteroatoms. The molecule has 3 atom stereocenters. The number of carbonyl (C=O) groups is 2. The van der Waals surface area contributed by atoms with Crippen LogP contribution in [0.25, 0.3) is 0 Å². The van der Waals surface area contributed by atoms with Crippen molar-refractivity contribution in [3.63, 3.8) is 0 Å². The standard InChI is InChI=1S/C22H30BrFN2O3/c1-22(2,3)29-21(28)25-19(20(27)26-11-10-17(24)13-26)18(12-14-4-5-14)15-6-8-16(23)9-7-15/h6-9,14,17-19H,4-5,10-13H2,1-3H3,(H,25,28). The first-order valence-corrected chi connectivity index (χ1v) is 11.1. The van der Waals surface area contributed by atoms with Gasteiger partial charge in [0.2, 0.25) is 5.91 Å². The number of carbonyl (C=O) groups excluding carboxylic acids is 2. The summed E-state index contributed by atoms with van der Waals surface area (Å²) in [6.45, 7) is 5.82. The zero-order valence-electron chi connectivity index (χ0n) is 17.3. The lowest BCUT2D eigenvalue weighted by atomic mass is 9.86. The van der Waals surface area contributed by atoms with E-state index in [1.807, 2.05) is 24.3 Å². The fourth-order valence-corrected chi connectivity index (χ4v) is 4.04. The fraction of sp³-hybridized carbons (Fsp3) is 0.636. The maximum atomic E-state index is 13.8. The summed E-state index contributed by atoms with van der Waals surface area (Å²) in [7, 11) is 0. The van der Waals surface area contributed by atoms with Crippen molar-refractivity contribution < 1.29 is 18.7 Å². The molecule has 2 aliphatic rings. The van der Waals surface area contributed by atoms with E-state index in [0.29, 0.717) is 18.9 Å². The number of alkyl carbamates (subject to hydrolysis) is 1. The van der Waals surface area contributed by atoms with Crippen molar-refractivity contribution in [2.45, 2.75) is 70.2 Å². The van der Waals surface area contributed by atoms with Crippen molar-refractivity contribution in [1.82, 2.24) is 10.2 Å². The number of alkyl halides is 1. The van der Waals surface area contributed by atoms with E-state index in [2.05, 4.69) is 21.2 Å². The van der Waals surface area contributed by atoms with Crippen LogP contribution in [0.1, 0.15) is 57.9 Å². The number of halogens is 2. The summed E-state index contributed by atoms with van der Waals surface area (Å²) in [6, 6.07) is 7.07. The number of amides is 2. The predicted molar refractivity (Wildman–Crippen MR) is 113 cm³/mol. The van der Waals surface area contributed by atoms with Crippen LogP contribution in [0, 0.1) is 5.92 Å². The lowest BCUT2D eigenvalue weighted by Gasteiger charge is -2.32. The monoisotopic (exact) mass is 468 g/mol. The first-order valence-electron chi connectivity index (χ1n) is 10.3. The molecule has 1 aromatic carbocycles. The highest BCUT2D eigenvalue weighted by molar-refractivity contribution is 9.10. The van der Waals surface area contributed by atoms with Gasteiger partial charge in [-0.1, -0.05) is 40.9 Å². The minimum Gasteiger partial charge on any atom is -0.444 e. The van der Waals surface area contributed by atoms with Crippen molar-refractivity contribution in [2.75, 3.05) is 13.1 Å². The van der Waals surface area contributed by atoms with Crippen LogP contribution in [-0.2, 0) is 9.53 Å². The summed E-state index contributed by atoms with van der Waals surface area (Å²) < 4.78 is 20.1. The topological polar surface area (TPSA) is 58.6 Å². The second kappa shape index (κ2) is 9.02. The van der Waals surface area contributed by atoms with Gasteiger partial charge in [-0.15, -0.1) is 0 Å². The molecule has 1 aliphatic carbocycles. The Balaban J connectivity index is 1.87. The van der Waals surface area contributed by atoms with Crippen molar-refractivity contribution in [3.8, 4) is 0 Å². The largest absolute Gasteiger partial charge is 0.444 e. The summed E-state index contributed by atoms with van der Waals surface area (Å²) in [6.07, 6.45) is 1.80. The highest BCUT2D eigenvalue weighted by Gasteiger charge is 2.40. The molecule has 1 heterocycles. The van der Waals surface area contributed by atoms with Gasteiger partial charge >= 0.3 is 6.09 Å². The molecular formula is C22H30BrFN2O3. The van der Waals surface area contributed by atoms with Crippen LogP contribution in [0.2, 0.25) is 0 Å². The van der Waals surface area contributed by atoms with E-state index < -0.39 is 23.9 Å². The summed E-state index contributed by atoms with van der Waals surface area (Å²) in [5, 5.41) is 2.82. The number of rotatable bonds is 6. The Labute approximate surface area is 180 Å². The van der Waals surface area contributed by atoms with E-state index in [9.17, 15) is 14.0 Å². The van der Waals surface area contributed by atoms with E-state index in [1.165, 1.54) is 4.90 Å². The molecule has 1 N–H and O–H groups in total. The molecule has 3 rings (SSSR count). The lowest BCUT2D eigenvalue weighted by molar-refractivity contribution is -0.133. The summed E-state index contributed by atoms with van der Waals surface area (Å²) >= 11 is 3.45. The third-order valence-corrected chi connectivity index (χ3v) is 5.89. The van der Waals surface area contributed by atoms with Crippen molar-refractivity contribution >= 4 is 27.9 Å². The third-order valence-electron chi connectivity index (χ3n) is 5.37.